The number of rotatable bonds is 0. The van der Waals surface area contributed by atoms with Crippen molar-refractivity contribution in [2.45, 2.75) is 12.1 Å². The maximum atomic E-state index is 9.49. The third-order valence-electron chi connectivity index (χ3n) is 2.29. The lowest BCUT2D eigenvalue weighted by molar-refractivity contribution is 0.153. The molecule has 2 rings (SSSR count). The van der Waals surface area contributed by atoms with Crippen molar-refractivity contribution < 1.29 is 5.11 Å². The molecule has 0 aliphatic carbocycles. The van der Waals surface area contributed by atoms with Crippen LogP contribution in [0.2, 0.25) is 0 Å². The lowest BCUT2D eigenvalue weighted by atomic mass is 9.97. The van der Waals surface area contributed by atoms with Crippen LogP contribution < -0.4 is 11.1 Å². The molecule has 4 N–H and O–H groups in total. The van der Waals surface area contributed by atoms with E-state index >= 15 is 0 Å². The highest BCUT2D eigenvalue weighted by Gasteiger charge is 2.24. The highest BCUT2D eigenvalue weighted by atomic mass is 79.9. The van der Waals surface area contributed by atoms with Gasteiger partial charge in [0.25, 0.3) is 0 Å². The lowest BCUT2D eigenvalue weighted by Crippen LogP contribution is -2.36. The number of β-amino-alcohol motifs (C(OH)–C–C–N with tert-alkyl or cyclic N) is 1. The third kappa shape index (κ3) is 1.57. The molecular formula is C9H11BrN2O. The van der Waals surface area contributed by atoms with Crippen LogP contribution in [0.3, 0.4) is 0 Å². The number of nitrogens with one attached hydrogen (secondary N) is 1. The number of fused-ring (bicyclic) bond motifs is 1. The largest absolute Gasteiger partial charge is 0.389 e. The maximum absolute atomic E-state index is 9.49. The maximum Gasteiger partial charge on any atom is 0.0905 e. The summed E-state index contributed by atoms with van der Waals surface area (Å²) in [7, 11) is 0. The van der Waals surface area contributed by atoms with Gasteiger partial charge in [-0.05, 0) is 17.7 Å². The van der Waals surface area contributed by atoms with Crippen LogP contribution in [-0.2, 0) is 0 Å². The minimum atomic E-state index is -0.492. The van der Waals surface area contributed by atoms with E-state index in [2.05, 4.69) is 21.2 Å². The third-order valence-corrected chi connectivity index (χ3v) is 2.78. The van der Waals surface area contributed by atoms with Crippen molar-refractivity contribution in [3.05, 3.63) is 28.2 Å². The molecule has 0 saturated carbocycles. The fourth-order valence-corrected chi connectivity index (χ4v) is 1.88. The van der Waals surface area contributed by atoms with Crippen molar-refractivity contribution in [3.63, 3.8) is 0 Å². The summed E-state index contributed by atoms with van der Waals surface area (Å²) in [6, 6.07) is 5.56. The van der Waals surface area contributed by atoms with Crippen molar-refractivity contribution in [3.8, 4) is 0 Å². The van der Waals surface area contributed by atoms with Gasteiger partial charge in [0.05, 0.1) is 12.1 Å². The highest BCUT2D eigenvalue weighted by molar-refractivity contribution is 9.10. The molecule has 0 bridgehead atoms. The monoisotopic (exact) mass is 242 g/mol. The molecule has 2 atom stereocenters. The van der Waals surface area contributed by atoms with E-state index in [1.165, 1.54) is 0 Å². The van der Waals surface area contributed by atoms with Crippen LogP contribution in [0, 0.1) is 0 Å². The van der Waals surface area contributed by atoms with Gasteiger partial charge in [-0.25, -0.2) is 0 Å². The number of anilines is 1. The summed E-state index contributed by atoms with van der Waals surface area (Å²) in [6.45, 7) is 0.518. The summed E-state index contributed by atoms with van der Waals surface area (Å²) in [5.74, 6) is 0. The van der Waals surface area contributed by atoms with Crippen LogP contribution >= 0.6 is 15.9 Å². The molecule has 0 fully saturated rings. The second-order valence-electron chi connectivity index (χ2n) is 3.21. The minimum Gasteiger partial charge on any atom is -0.389 e. The topological polar surface area (TPSA) is 58.3 Å². The van der Waals surface area contributed by atoms with Gasteiger partial charge in [0.1, 0.15) is 0 Å². The van der Waals surface area contributed by atoms with E-state index in [4.69, 9.17) is 5.73 Å². The Morgan fingerprint density at radius 2 is 2.31 bits per heavy atom. The zero-order chi connectivity index (χ0) is 9.42. The molecule has 0 saturated heterocycles. The Bertz CT molecular complexity index is 329. The Morgan fingerprint density at radius 3 is 3.08 bits per heavy atom. The molecule has 70 valence electrons. The predicted molar refractivity (Wildman–Crippen MR) is 55.6 cm³/mol. The molecule has 1 aliphatic rings. The van der Waals surface area contributed by atoms with Gasteiger partial charge in [0, 0.05) is 16.7 Å². The van der Waals surface area contributed by atoms with Crippen LogP contribution in [0.4, 0.5) is 5.69 Å². The molecule has 3 nitrogen and oxygen atoms in total. The molecule has 1 aliphatic heterocycles. The molecule has 13 heavy (non-hydrogen) atoms. The molecule has 0 aromatic heterocycles. The molecule has 1 aromatic carbocycles. The molecule has 4 heteroatoms. The molecule has 0 radical (unpaired) electrons. The number of benzene rings is 1. The number of halogens is 1. The normalized spacial score (nSPS) is 26.4. The van der Waals surface area contributed by atoms with E-state index in [1.807, 2.05) is 18.2 Å². The first-order valence-electron chi connectivity index (χ1n) is 4.15. The molecule has 2 unspecified atom stereocenters. The van der Waals surface area contributed by atoms with Gasteiger partial charge in [-0.1, -0.05) is 22.0 Å². The van der Waals surface area contributed by atoms with E-state index in [1.54, 1.807) is 0 Å². The average molecular weight is 243 g/mol. The van der Waals surface area contributed by atoms with Crippen molar-refractivity contribution in [1.82, 2.24) is 0 Å². The molecular weight excluding hydrogens is 232 g/mol. The Hall–Kier alpha value is -0.580. The van der Waals surface area contributed by atoms with Gasteiger partial charge in [0.15, 0.2) is 0 Å². The fraction of sp³-hybridized carbons (Fsp3) is 0.333. The van der Waals surface area contributed by atoms with Gasteiger partial charge in [-0.15, -0.1) is 0 Å². The fourth-order valence-electron chi connectivity index (χ4n) is 1.52. The predicted octanol–water partition coefficient (Wildman–Crippen LogP) is 1.24. The van der Waals surface area contributed by atoms with E-state index in [0.717, 1.165) is 15.7 Å². The number of hydrogen-bond acceptors (Lipinski definition) is 3. The van der Waals surface area contributed by atoms with Crippen LogP contribution in [0.1, 0.15) is 11.6 Å². The molecule has 1 aromatic rings. The summed E-state index contributed by atoms with van der Waals surface area (Å²) in [5.41, 5.74) is 7.82. The number of nitrogens with two attached hydrogens (primary N) is 1. The first-order valence-corrected chi connectivity index (χ1v) is 4.95. The van der Waals surface area contributed by atoms with Crippen LogP contribution in [-0.4, -0.2) is 17.8 Å². The van der Waals surface area contributed by atoms with Crippen LogP contribution in [0.5, 0.6) is 0 Å². The van der Waals surface area contributed by atoms with Crippen molar-refractivity contribution in [2.24, 2.45) is 5.73 Å². The summed E-state index contributed by atoms with van der Waals surface area (Å²) in [6.07, 6.45) is -0.492. The quantitative estimate of drug-likeness (QED) is 0.642. The second kappa shape index (κ2) is 3.29. The molecule has 0 amide bonds. The van der Waals surface area contributed by atoms with Crippen molar-refractivity contribution in [1.29, 1.82) is 0 Å². The molecule has 1 heterocycles. The Balaban J connectivity index is 2.44. The smallest absolute Gasteiger partial charge is 0.0905 e. The van der Waals surface area contributed by atoms with Crippen molar-refractivity contribution in [2.75, 3.05) is 11.9 Å². The van der Waals surface area contributed by atoms with Gasteiger partial charge < -0.3 is 16.2 Å². The Labute approximate surface area is 85.1 Å². The van der Waals surface area contributed by atoms with Crippen molar-refractivity contribution >= 4 is 21.6 Å². The van der Waals surface area contributed by atoms with E-state index in [0.29, 0.717) is 6.54 Å². The van der Waals surface area contributed by atoms with Gasteiger partial charge >= 0.3 is 0 Å². The molecule has 0 spiro atoms. The number of aliphatic hydroxyl groups is 1. The SMILES string of the molecule is NC1c2ccc(Br)cc2NCC1O. The van der Waals surface area contributed by atoms with E-state index in [-0.39, 0.29) is 6.04 Å². The highest BCUT2D eigenvalue weighted by Crippen LogP contribution is 2.30. The number of hydrogen-bond donors (Lipinski definition) is 3. The first kappa shape index (κ1) is 8.99. The van der Waals surface area contributed by atoms with Crippen LogP contribution in [0.25, 0.3) is 0 Å². The van der Waals surface area contributed by atoms with Gasteiger partial charge in [-0.2, -0.15) is 0 Å². The standard InChI is InChI=1S/C9H11BrN2O/c10-5-1-2-6-7(3-5)12-4-8(13)9(6)11/h1-3,8-9,12-13H,4,11H2. The minimum absolute atomic E-state index is 0.274. The summed E-state index contributed by atoms with van der Waals surface area (Å²) < 4.78 is 1.02. The summed E-state index contributed by atoms with van der Waals surface area (Å²) >= 11 is 3.38. The first-order chi connectivity index (χ1) is 6.18. The summed E-state index contributed by atoms with van der Waals surface area (Å²) in [5, 5.41) is 12.6. The second-order valence-corrected chi connectivity index (χ2v) is 4.12. The Morgan fingerprint density at radius 1 is 1.54 bits per heavy atom. The van der Waals surface area contributed by atoms with Gasteiger partial charge in [0.2, 0.25) is 0 Å². The average Bonchev–Trinajstić information content (AvgIpc) is 2.12. The summed E-state index contributed by atoms with van der Waals surface area (Å²) in [4.78, 5) is 0. The Kier molecular flexibility index (Phi) is 2.27. The lowest BCUT2D eigenvalue weighted by Gasteiger charge is -2.28. The van der Waals surface area contributed by atoms with E-state index in [9.17, 15) is 5.11 Å². The zero-order valence-electron chi connectivity index (χ0n) is 7.00. The number of aliphatic hydroxyl groups excluding tert-OH is 1. The van der Waals surface area contributed by atoms with E-state index < -0.39 is 6.10 Å². The van der Waals surface area contributed by atoms with Gasteiger partial charge in [-0.3, -0.25) is 0 Å². The zero-order valence-corrected chi connectivity index (χ0v) is 8.58. The van der Waals surface area contributed by atoms with Crippen LogP contribution in [0.15, 0.2) is 22.7 Å².